The molecule has 1 saturated heterocycles. The van der Waals surface area contributed by atoms with Crippen molar-refractivity contribution in [2.75, 3.05) is 7.11 Å². The fourth-order valence-corrected chi connectivity index (χ4v) is 2.72. The Balaban J connectivity index is 2.70. The van der Waals surface area contributed by atoms with Crippen LogP contribution in [0.15, 0.2) is 15.8 Å². The van der Waals surface area contributed by atoms with Crippen LogP contribution in [0.25, 0.3) is 0 Å². The Morgan fingerprint density at radius 3 is 2.77 bits per heavy atom. The van der Waals surface area contributed by atoms with Gasteiger partial charge in [-0.15, -0.1) is 0 Å². The van der Waals surface area contributed by atoms with Gasteiger partial charge in [-0.2, -0.15) is 0 Å². The second-order valence-corrected chi connectivity index (χ2v) is 6.04. The molecule has 0 aromatic carbocycles. The first-order valence-electron chi connectivity index (χ1n) is 8.94. The molecule has 0 aliphatic carbocycles. The molecule has 1 unspecified atom stereocenters. The van der Waals surface area contributed by atoms with Gasteiger partial charge in [-0.1, -0.05) is 0 Å². The predicted octanol–water partition coefficient (Wildman–Crippen LogP) is 0.319. The van der Waals surface area contributed by atoms with Crippen molar-refractivity contribution >= 4 is 0 Å². The molecule has 0 saturated carbocycles. The van der Waals surface area contributed by atoms with E-state index in [0.717, 1.165) is 11.6 Å². The number of aliphatic hydroxyl groups is 1. The Morgan fingerprint density at radius 1 is 1.59 bits per heavy atom. The van der Waals surface area contributed by atoms with E-state index in [9.17, 15) is 14.7 Å². The number of aromatic nitrogens is 2. The maximum absolute atomic E-state index is 12.6. The molecule has 0 spiro atoms. The molecular weight excluding hydrogens is 288 g/mol. The van der Waals surface area contributed by atoms with E-state index in [1.54, 1.807) is 13.8 Å². The van der Waals surface area contributed by atoms with Gasteiger partial charge in [0.25, 0.3) is 5.56 Å². The third kappa shape index (κ3) is 2.33. The number of hydrogen-bond donors (Lipinski definition) is 1. The fourth-order valence-electron chi connectivity index (χ4n) is 2.72. The zero-order valence-electron chi connectivity index (χ0n) is 17.3. The largest absolute Gasteiger partial charge is 0.387 e. The van der Waals surface area contributed by atoms with Crippen molar-refractivity contribution in [1.82, 2.24) is 9.13 Å². The van der Waals surface area contributed by atoms with Gasteiger partial charge in [0.15, 0.2) is 0 Å². The second-order valence-electron chi connectivity index (χ2n) is 6.04. The van der Waals surface area contributed by atoms with E-state index in [1.165, 1.54) is 14.0 Å². The molecule has 7 nitrogen and oxygen atoms in total. The summed E-state index contributed by atoms with van der Waals surface area (Å²) in [5, 5.41) is 10.8. The van der Waals surface area contributed by atoms with Gasteiger partial charge in [-0.3, -0.25) is 13.9 Å². The molecule has 1 aromatic heterocycles. The van der Waals surface area contributed by atoms with Crippen molar-refractivity contribution in [1.29, 1.82) is 0 Å². The molecule has 7 heteroatoms. The first-order chi connectivity index (χ1) is 11.7. The molecule has 1 N–H and O–H groups in total. The van der Waals surface area contributed by atoms with E-state index in [4.69, 9.17) is 15.0 Å². The first kappa shape index (κ1) is 12.0. The topological polar surface area (TPSA) is 82.7 Å². The molecule has 22 heavy (non-hydrogen) atoms. The van der Waals surface area contributed by atoms with Gasteiger partial charge in [0.05, 0.1) is 13.1 Å². The van der Waals surface area contributed by atoms with E-state index in [-0.39, 0.29) is 6.42 Å². The Hall–Kier alpha value is -1.44. The lowest BCUT2D eigenvalue weighted by Gasteiger charge is -2.39. The monoisotopic (exact) mass is 316 g/mol. The summed E-state index contributed by atoms with van der Waals surface area (Å²) in [6, 6.07) is 0. The SMILES string of the molecule is [2H]c1c(C([2H])([2H])[2H])c(=O)n(C)c(=O)n1[C@@H]1C[C@@](C)(O)[C@](C)(C(C)OC)O1. The molecule has 1 aliphatic rings. The lowest BCUT2D eigenvalue weighted by Crippen LogP contribution is -2.54. The van der Waals surface area contributed by atoms with E-state index in [1.807, 2.05) is 0 Å². The average Bonchev–Trinajstić information content (AvgIpc) is 2.73. The minimum absolute atomic E-state index is 0.0817. The van der Waals surface area contributed by atoms with Crippen molar-refractivity contribution < 1.29 is 20.1 Å². The normalized spacial score (nSPS) is 36.4. The zero-order valence-corrected chi connectivity index (χ0v) is 13.3. The molecule has 1 aliphatic heterocycles. The summed E-state index contributed by atoms with van der Waals surface area (Å²) < 4.78 is 43.3. The molecule has 0 radical (unpaired) electrons. The van der Waals surface area contributed by atoms with Crippen molar-refractivity contribution in [2.24, 2.45) is 7.05 Å². The van der Waals surface area contributed by atoms with E-state index in [2.05, 4.69) is 0 Å². The van der Waals surface area contributed by atoms with Crippen LogP contribution >= 0.6 is 0 Å². The number of methoxy groups -OCH3 is 1. The molecule has 1 aromatic rings. The summed E-state index contributed by atoms with van der Waals surface area (Å²) in [6.45, 7) is 1.95. The minimum Gasteiger partial charge on any atom is -0.387 e. The van der Waals surface area contributed by atoms with Crippen LogP contribution in [0, 0.1) is 6.85 Å². The van der Waals surface area contributed by atoms with Crippen LogP contribution in [0.4, 0.5) is 0 Å². The van der Waals surface area contributed by atoms with Crippen LogP contribution in [-0.4, -0.2) is 38.7 Å². The summed E-state index contributed by atoms with van der Waals surface area (Å²) in [6.07, 6.45) is -2.50. The van der Waals surface area contributed by atoms with Gasteiger partial charge < -0.3 is 14.6 Å². The molecule has 1 fully saturated rings. The van der Waals surface area contributed by atoms with E-state index in [0.29, 0.717) is 4.57 Å². The summed E-state index contributed by atoms with van der Waals surface area (Å²) in [5.74, 6) is 0. The zero-order chi connectivity index (χ0) is 20.2. The maximum Gasteiger partial charge on any atom is 0.332 e. The highest BCUT2D eigenvalue weighted by Gasteiger charge is 2.57. The Morgan fingerprint density at radius 2 is 2.23 bits per heavy atom. The number of ether oxygens (including phenoxy) is 2. The lowest BCUT2D eigenvalue weighted by molar-refractivity contribution is -0.184. The van der Waals surface area contributed by atoms with Gasteiger partial charge in [0.2, 0.25) is 0 Å². The quantitative estimate of drug-likeness (QED) is 0.868. The Bertz CT molecular complexity index is 829. The van der Waals surface area contributed by atoms with Gasteiger partial charge in [-0.05, 0) is 27.6 Å². The van der Waals surface area contributed by atoms with E-state index >= 15 is 0 Å². The average molecular weight is 316 g/mol. The van der Waals surface area contributed by atoms with E-state index < -0.39 is 53.4 Å². The minimum atomic E-state index is -2.87. The highest BCUT2D eigenvalue weighted by Crippen LogP contribution is 2.46. The highest BCUT2D eigenvalue weighted by molar-refractivity contribution is 5.08. The van der Waals surface area contributed by atoms with Crippen LogP contribution in [0.5, 0.6) is 0 Å². The van der Waals surface area contributed by atoms with Crippen LogP contribution in [0.3, 0.4) is 0 Å². The first-order valence-corrected chi connectivity index (χ1v) is 6.94. The summed E-state index contributed by atoms with van der Waals surface area (Å²) in [4.78, 5) is 24.8. The van der Waals surface area contributed by atoms with Crippen LogP contribution < -0.4 is 11.2 Å². The Kier molecular flexibility index (Phi) is 2.92. The summed E-state index contributed by atoms with van der Waals surface area (Å²) >= 11 is 0. The molecule has 2 heterocycles. The standard InChI is InChI=1S/C15H24N2O5/c1-9-8-17(13(19)16(5)12(9)18)11-7-14(3,20)15(4,22-11)10(2)21-6/h8,10-11,20H,7H2,1-6H3/t10?,11-,14+,15-/m0/s1/i1D3,8D. The lowest BCUT2D eigenvalue weighted by atomic mass is 9.82. The van der Waals surface area contributed by atoms with Gasteiger partial charge in [0, 0.05) is 36.4 Å². The van der Waals surface area contributed by atoms with Gasteiger partial charge in [0.1, 0.15) is 11.8 Å². The Labute approximate surface area is 134 Å². The highest BCUT2D eigenvalue weighted by atomic mass is 16.6. The third-order valence-corrected chi connectivity index (χ3v) is 4.68. The van der Waals surface area contributed by atoms with Crippen LogP contribution in [-0.2, 0) is 16.5 Å². The molecular formula is C15H24N2O5. The molecule has 0 amide bonds. The maximum atomic E-state index is 12.6. The number of rotatable bonds is 3. The second kappa shape index (κ2) is 5.33. The van der Waals surface area contributed by atoms with Gasteiger partial charge in [-0.25, -0.2) is 4.79 Å². The van der Waals surface area contributed by atoms with Crippen molar-refractivity contribution in [2.45, 2.75) is 57.6 Å². The summed E-state index contributed by atoms with van der Waals surface area (Å²) in [5.41, 5.74) is -5.34. The molecule has 0 bridgehead atoms. The number of nitrogens with zero attached hydrogens (tertiary/aromatic N) is 2. The number of hydrogen-bond acceptors (Lipinski definition) is 5. The molecule has 124 valence electrons. The summed E-state index contributed by atoms with van der Waals surface area (Å²) in [7, 11) is 2.59. The molecule has 4 atom stereocenters. The van der Waals surface area contributed by atoms with Crippen LogP contribution in [0.2, 0.25) is 0 Å². The van der Waals surface area contributed by atoms with Crippen molar-refractivity contribution in [3.05, 3.63) is 32.6 Å². The van der Waals surface area contributed by atoms with Crippen molar-refractivity contribution in [3.8, 4) is 0 Å². The van der Waals surface area contributed by atoms with Crippen molar-refractivity contribution in [3.63, 3.8) is 0 Å². The third-order valence-electron chi connectivity index (χ3n) is 4.68. The molecule has 2 rings (SSSR count). The smallest absolute Gasteiger partial charge is 0.332 e. The fraction of sp³-hybridized carbons (Fsp3) is 0.733. The van der Waals surface area contributed by atoms with Gasteiger partial charge >= 0.3 is 5.69 Å². The van der Waals surface area contributed by atoms with Crippen LogP contribution in [0.1, 0.15) is 44.5 Å². The predicted molar refractivity (Wildman–Crippen MR) is 80.9 cm³/mol.